The molecule has 1 aliphatic rings. The highest BCUT2D eigenvalue weighted by atomic mass is 16.5. The molecule has 0 spiro atoms. The molecule has 0 atom stereocenters. The minimum absolute atomic E-state index is 0.498. The fraction of sp³-hybridized carbons (Fsp3) is 0.647. The predicted octanol–water partition coefficient (Wildman–Crippen LogP) is 3.75. The summed E-state index contributed by atoms with van der Waals surface area (Å²) in [5, 5.41) is 3.37. The maximum atomic E-state index is 5.47. The number of hydrogen-bond donors (Lipinski definition) is 1. The molecule has 0 aliphatic heterocycles. The summed E-state index contributed by atoms with van der Waals surface area (Å²) in [5.74, 6) is 1.53. The van der Waals surface area contributed by atoms with Crippen molar-refractivity contribution in [3.05, 3.63) is 29.3 Å². The van der Waals surface area contributed by atoms with E-state index >= 15 is 0 Å². The fourth-order valence-electron chi connectivity index (χ4n) is 3.25. The number of benzene rings is 1. The molecule has 1 aliphatic carbocycles. The smallest absolute Gasteiger partial charge is 0.122 e. The van der Waals surface area contributed by atoms with Crippen molar-refractivity contribution in [3.8, 4) is 5.75 Å². The number of rotatable bonds is 6. The molecule has 0 bridgehead atoms. The largest absolute Gasteiger partial charge is 0.496 e. The Kier molecular flexibility index (Phi) is 4.51. The number of nitrogens with one attached hydrogen (secondary N) is 1. The molecule has 0 saturated heterocycles. The minimum Gasteiger partial charge on any atom is -0.496 e. The van der Waals surface area contributed by atoms with Crippen molar-refractivity contribution in [3.63, 3.8) is 0 Å². The number of ether oxygens (including phenoxy) is 1. The van der Waals surface area contributed by atoms with Crippen LogP contribution in [0, 0.1) is 5.41 Å². The Morgan fingerprint density at radius 1 is 1.32 bits per heavy atom. The monoisotopic (exact) mass is 261 g/mol. The van der Waals surface area contributed by atoms with Gasteiger partial charge in [-0.1, -0.05) is 32.4 Å². The SMILES string of the molecule is CNCC1(Cc2ccc(OC)c(C(C)C)c2)CCC1. The predicted molar refractivity (Wildman–Crippen MR) is 81.0 cm³/mol. The van der Waals surface area contributed by atoms with Gasteiger partial charge in [-0.3, -0.25) is 0 Å². The van der Waals surface area contributed by atoms with E-state index in [1.54, 1.807) is 7.11 Å². The molecule has 0 heterocycles. The van der Waals surface area contributed by atoms with E-state index in [0.717, 1.165) is 12.3 Å². The molecule has 1 fully saturated rings. The second kappa shape index (κ2) is 5.96. The standard InChI is InChI=1S/C17H27NO/c1-13(2)15-10-14(6-7-16(15)19-4)11-17(12-18-3)8-5-9-17/h6-7,10,13,18H,5,8-9,11-12H2,1-4H3. The molecule has 1 aromatic carbocycles. The van der Waals surface area contributed by atoms with Crippen molar-refractivity contribution in [2.75, 3.05) is 20.7 Å². The maximum absolute atomic E-state index is 5.47. The van der Waals surface area contributed by atoms with Crippen molar-refractivity contribution < 1.29 is 4.74 Å². The van der Waals surface area contributed by atoms with E-state index in [9.17, 15) is 0 Å². The summed E-state index contributed by atoms with van der Waals surface area (Å²) < 4.78 is 5.47. The molecule has 0 amide bonds. The molecule has 2 rings (SSSR count). The summed E-state index contributed by atoms with van der Waals surface area (Å²) in [6, 6.07) is 6.72. The minimum atomic E-state index is 0.498. The van der Waals surface area contributed by atoms with Crippen LogP contribution in [0.15, 0.2) is 18.2 Å². The summed E-state index contributed by atoms with van der Waals surface area (Å²) >= 11 is 0. The summed E-state index contributed by atoms with van der Waals surface area (Å²) in [7, 11) is 3.82. The third kappa shape index (κ3) is 3.11. The van der Waals surface area contributed by atoms with Gasteiger partial charge in [-0.05, 0) is 54.8 Å². The van der Waals surface area contributed by atoms with Crippen molar-refractivity contribution in [2.45, 2.75) is 45.4 Å². The van der Waals surface area contributed by atoms with Crippen LogP contribution >= 0.6 is 0 Å². The van der Waals surface area contributed by atoms with Crippen LogP contribution in [0.3, 0.4) is 0 Å². The maximum Gasteiger partial charge on any atom is 0.122 e. The van der Waals surface area contributed by atoms with E-state index in [4.69, 9.17) is 4.74 Å². The molecule has 0 aromatic heterocycles. The van der Waals surface area contributed by atoms with Gasteiger partial charge in [0.15, 0.2) is 0 Å². The molecule has 2 nitrogen and oxygen atoms in total. The van der Waals surface area contributed by atoms with Gasteiger partial charge < -0.3 is 10.1 Å². The van der Waals surface area contributed by atoms with Gasteiger partial charge in [0.2, 0.25) is 0 Å². The quantitative estimate of drug-likeness (QED) is 0.842. The van der Waals surface area contributed by atoms with E-state index in [2.05, 4.69) is 44.4 Å². The average Bonchev–Trinajstić information content (AvgIpc) is 2.36. The Labute approximate surface area is 117 Å². The van der Waals surface area contributed by atoms with Crippen LogP contribution in [-0.2, 0) is 6.42 Å². The van der Waals surface area contributed by atoms with Crippen molar-refractivity contribution in [2.24, 2.45) is 5.41 Å². The Morgan fingerprint density at radius 2 is 2.05 bits per heavy atom. The third-order valence-electron chi connectivity index (χ3n) is 4.46. The molecule has 19 heavy (non-hydrogen) atoms. The molecular weight excluding hydrogens is 234 g/mol. The zero-order valence-electron chi connectivity index (χ0n) is 12.8. The first kappa shape index (κ1) is 14.4. The molecule has 1 aromatic rings. The van der Waals surface area contributed by atoms with Crippen molar-refractivity contribution in [1.29, 1.82) is 0 Å². The van der Waals surface area contributed by atoms with Gasteiger partial charge in [-0.2, -0.15) is 0 Å². The van der Waals surface area contributed by atoms with Gasteiger partial charge >= 0.3 is 0 Å². The molecule has 106 valence electrons. The lowest BCUT2D eigenvalue weighted by molar-refractivity contribution is 0.133. The van der Waals surface area contributed by atoms with E-state index in [1.165, 1.54) is 36.8 Å². The Hall–Kier alpha value is -1.02. The van der Waals surface area contributed by atoms with Crippen LogP contribution in [0.4, 0.5) is 0 Å². The molecule has 1 saturated carbocycles. The van der Waals surface area contributed by atoms with E-state index in [-0.39, 0.29) is 0 Å². The molecule has 1 N–H and O–H groups in total. The Bertz CT molecular complexity index is 421. The summed E-state index contributed by atoms with van der Waals surface area (Å²) in [6.45, 7) is 5.60. The first-order valence-electron chi connectivity index (χ1n) is 7.42. The van der Waals surface area contributed by atoms with Crippen LogP contribution in [-0.4, -0.2) is 20.7 Å². The Morgan fingerprint density at radius 3 is 2.53 bits per heavy atom. The highest BCUT2D eigenvalue weighted by Crippen LogP contribution is 2.43. The first-order valence-corrected chi connectivity index (χ1v) is 7.42. The van der Waals surface area contributed by atoms with Gasteiger partial charge in [0.1, 0.15) is 5.75 Å². The molecule has 0 radical (unpaired) electrons. The zero-order valence-corrected chi connectivity index (χ0v) is 12.8. The zero-order chi connectivity index (χ0) is 13.9. The lowest BCUT2D eigenvalue weighted by atomic mass is 9.65. The van der Waals surface area contributed by atoms with Gasteiger partial charge in [0.05, 0.1) is 7.11 Å². The first-order chi connectivity index (χ1) is 9.10. The van der Waals surface area contributed by atoms with E-state index in [0.29, 0.717) is 11.3 Å². The molecule has 2 heteroatoms. The second-order valence-corrected chi connectivity index (χ2v) is 6.29. The van der Waals surface area contributed by atoms with Crippen LogP contribution in [0.5, 0.6) is 5.75 Å². The Balaban J connectivity index is 2.18. The van der Waals surface area contributed by atoms with E-state index in [1.807, 2.05) is 0 Å². The molecule has 0 unspecified atom stereocenters. The fourth-order valence-corrected chi connectivity index (χ4v) is 3.25. The summed E-state index contributed by atoms with van der Waals surface area (Å²) in [5.41, 5.74) is 3.29. The number of methoxy groups -OCH3 is 1. The third-order valence-corrected chi connectivity index (χ3v) is 4.46. The summed E-state index contributed by atoms with van der Waals surface area (Å²) in [6.07, 6.45) is 5.29. The highest BCUT2D eigenvalue weighted by Gasteiger charge is 2.36. The molecular formula is C17H27NO. The lowest BCUT2D eigenvalue weighted by Gasteiger charge is -2.42. The normalized spacial score (nSPS) is 17.3. The van der Waals surface area contributed by atoms with Crippen LogP contribution in [0.1, 0.15) is 50.2 Å². The second-order valence-electron chi connectivity index (χ2n) is 6.29. The average molecular weight is 261 g/mol. The highest BCUT2D eigenvalue weighted by molar-refractivity contribution is 5.39. The van der Waals surface area contributed by atoms with Crippen LogP contribution < -0.4 is 10.1 Å². The van der Waals surface area contributed by atoms with Gasteiger partial charge in [-0.15, -0.1) is 0 Å². The van der Waals surface area contributed by atoms with Crippen molar-refractivity contribution in [1.82, 2.24) is 5.32 Å². The van der Waals surface area contributed by atoms with Gasteiger partial charge in [-0.25, -0.2) is 0 Å². The topological polar surface area (TPSA) is 21.3 Å². The lowest BCUT2D eigenvalue weighted by Crippen LogP contribution is -2.40. The van der Waals surface area contributed by atoms with Crippen LogP contribution in [0.25, 0.3) is 0 Å². The van der Waals surface area contributed by atoms with Crippen molar-refractivity contribution >= 4 is 0 Å². The van der Waals surface area contributed by atoms with E-state index < -0.39 is 0 Å². The van der Waals surface area contributed by atoms with Gasteiger partial charge in [0, 0.05) is 6.54 Å². The van der Waals surface area contributed by atoms with Gasteiger partial charge in [0.25, 0.3) is 0 Å². The van der Waals surface area contributed by atoms with Crippen LogP contribution in [0.2, 0.25) is 0 Å². The number of hydrogen-bond acceptors (Lipinski definition) is 2. The summed E-state index contributed by atoms with van der Waals surface area (Å²) in [4.78, 5) is 0.